The monoisotopic (exact) mass is 303 g/mol. The molecule has 0 amide bonds. The van der Waals surface area contributed by atoms with Crippen LogP contribution in [0.1, 0.15) is 46.5 Å². The standard InChI is InChI=1S/C16H24F3NO/c1-4-13(3)21-15-9-5-8-14(11-15)20-12(2)7-6-10-16(17,18)19/h5,8-9,11-13,20H,4,6-7,10H2,1-3H3. The normalized spacial score (nSPS) is 14.6. The highest BCUT2D eigenvalue weighted by Gasteiger charge is 2.26. The molecule has 0 spiro atoms. The molecule has 0 aliphatic heterocycles. The van der Waals surface area contributed by atoms with E-state index in [1.54, 1.807) is 0 Å². The first-order valence-electron chi connectivity index (χ1n) is 7.40. The molecule has 1 aromatic rings. The maximum Gasteiger partial charge on any atom is 0.389 e. The fourth-order valence-electron chi connectivity index (χ4n) is 1.94. The highest BCUT2D eigenvalue weighted by molar-refractivity contribution is 5.48. The number of rotatable bonds is 8. The Bertz CT molecular complexity index is 420. The third-order valence-electron chi connectivity index (χ3n) is 3.26. The Morgan fingerprint density at radius 2 is 1.95 bits per heavy atom. The van der Waals surface area contributed by atoms with Crippen molar-refractivity contribution in [3.05, 3.63) is 24.3 Å². The molecule has 1 rings (SSSR count). The van der Waals surface area contributed by atoms with Crippen molar-refractivity contribution in [3.8, 4) is 5.75 Å². The average molecular weight is 303 g/mol. The van der Waals surface area contributed by atoms with Gasteiger partial charge >= 0.3 is 6.18 Å². The van der Waals surface area contributed by atoms with Gasteiger partial charge in [0, 0.05) is 24.2 Å². The van der Waals surface area contributed by atoms with Crippen LogP contribution in [0.25, 0.3) is 0 Å². The Balaban J connectivity index is 2.45. The van der Waals surface area contributed by atoms with E-state index >= 15 is 0 Å². The van der Waals surface area contributed by atoms with E-state index in [4.69, 9.17) is 4.74 Å². The molecule has 5 heteroatoms. The summed E-state index contributed by atoms with van der Waals surface area (Å²) in [6, 6.07) is 7.52. The highest BCUT2D eigenvalue weighted by Crippen LogP contribution is 2.24. The van der Waals surface area contributed by atoms with E-state index in [0.717, 1.165) is 17.9 Å². The number of hydrogen-bond acceptors (Lipinski definition) is 2. The predicted molar refractivity (Wildman–Crippen MR) is 79.8 cm³/mol. The van der Waals surface area contributed by atoms with Crippen LogP contribution in [0, 0.1) is 0 Å². The number of hydrogen-bond donors (Lipinski definition) is 1. The Kier molecular flexibility index (Phi) is 6.85. The summed E-state index contributed by atoms with van der Waals surface area (Å²) in [4.78, 5) is 0. The molecule has 0 bridgehead atoms. The van der Waals surface area contributed by atoms with Gasteiger partial charge in [-0.05, 0) is 45.2 Å². The topological polar surface area (TPSA) is 21.3 Å². The lowest BCUT2D eigenvalue weighted by molar-refractivity contribution is -0.135. The van der Waals surface area contributed by atoms with Crippen molar-refractivity contribution >= 4 is 5.69 Å². The first kappa shape index (κ1) is 17.7. The Morgan fingerprint density at radius 3 is 2.57 bits per heavy atom. The molecule has 0 saturated heterocycles. The molecule has 0 heterocycles. The molecule has 0 aliphatic carbocycles. The number of nitrogens with one attached hydrogen (secondary N) is 1. The fraction of sp³-hybridized carbons (Fsp3) is 0.625. The molecule has 2 atom stereocenters. The molecule has 0 aromatic heterocycles. The third kappa shape index (κ3) is 7.83. The first-order valence-corrected chi connectivity index (χ1v) is 7.40. The van der Waals surface area contributed by atoms with Crippen molar-refractivity contribution in [3.63, 3.8) is 0 Å². The summed E-state index contributed by atoms with van der Waals surface area (Å²) in [5.74, 6) is 0.775. The largest absolute Gasteiger partial charge is 0.491 e. The van der Waals surface area contributed by atoms with Gasteiger partial charge in [-0.25, -0.2) is 0 Å². The van der Waals surface area contributed by atoms with Crippen molar-refractivity contribution in [2.24, 2.45) is 0 Å². The van der Waals surface area contributed by atoms with E-state index < -0.39 is 12.6 Å². The van der Waals surface area contributed by atoms with Crippen LogP contribution in [0.5, 0.6) is 5.75 Å². The molecule has 21 heavy (non-hydrogen) atoms. The molecule has 2 nitrogen and oxygen atoms in total. The van der Waals surface area contributed by atoms with E-state index in [-0.39, 0.29) is 18.6 Å². The van der Waals surface area contributed by atoms with Crippen LogP contribution in [-0.2, 0) is 0 Å². The van der Waals surface area contributed by atoms with E-state index in [1.165, 1.54) is 0 Å². The summed E-state index contributed by atoms with van der Waals surface area (Å²) < 4.78 is 42.0. The van der Waals surface area contributed by atoms with E-state index in [2.05, 4.69) is 12.2 Å². The van der Waals surface area contributed by atoms with Gasteiger partial charge in [-0.3, -0.25) is 0 Å². The smallest absolute Gasteiger partial charge is 0.389 e. The van der Waals surface area contributed by atoms with Gasteiger partial charge in [0.1, 0.15) is 5.75 Å². The number of ether oxygens (including phenoxy) is 1. The van der Waals surface area contributed by atoms with Crippen LogP contribution < -0.4 is 10.1 Å². The van der Waals surface area contributed by atoms with Crippen LogP contribution in [0.3, 0.4) is 0 Å². The lowest BCUT2D eigenvalue weighted by atomic mass is 10.1. The average Bonchev–Trinajstić information content (AvgIpc) is 2.37. The molecule has 2 unspecified atom stereocenters. The van der Waals surface area contributed by atoms with Crippen LogP contribution in [0.15, 0.2) is 24.3 Å². The lowest BCUT2D eigenvalue weighted by Crippen LogP contribution is -2.17. The number of halogens is 3. The first-order chi connectivity index (χ1) is 9.80. The van der Waals surface area contributed by atoms with E-state index in [0.29, 0.717) is 6.42 Å². The second kappa shape index (κ2) is 8.15. The van der Waals surface area contributed by atoms with Crippen LogP contribution in [-0.4, -0.2) is 18.3 Å². The summed E-state index contributed by atoms with van der Waals surface area (Å²) in [7, 11) is 0. The molecule has 0 aliphatic rings. The fourth-order valence-corrected chi connectivity index (χ4v) is 1.94. The van der Waals surface area contributed by atoms with Crippen molar-refractivity contribution < 1.29 is 17.9 Å². The number of anilines is 1. The van der Waals surface area contributed by atoms with Crippen molar-refractivity contribution in [2.75, 3.05) is 5.32 Å². The van der Waals surface area contributed by atoms with E-state index in [9.17, 15) is 13.2 Å². The minimum atomic E-state index is -4.07. The SMILES string of the molecule is CCC(C)Oc1cccc(NC(C)CCCC(F)(F)F)c1. The van der Waals surface area contributed by atoms with Crippen molar-refractivity contribution in [1.29, 1.82) is 0 Å². The number of benzene rings is 1. The van der Waals surface area contributed by atoms with Crippen LogP contribution in [0.4, 0.5) is 18.9 Å². The van der Waals surface area contributed by atoms with Gasteiger partial charge in [0.25, 0.3) is 0 Å². The maximum atomic E-state index is 12.1. The van der Waals surface area contributed by atoms with Gasteiger partial charge in [-0.1, -0.05) is 13.0 Å². The maximum absolute atomic E-state index is 12.1. The summed E-state index contributed by atoms with van der Waals surface area (Å²) in [5.41, 5.74) is 0.871. The van der Waals surface area contributed by atoms with Gasteiger partial charge in [-0.2, -0.15) is 13.2 Å². The molecule has 0 saturated carbocycles. The zero-order valence-corrected chi connectivity index (χ0v) is 12.8. The summed E-state index contributed by atoms with van der Waals surface area (Å²) in [6.45, 7) is 5.94. The molecule has 1 aromatic carbocycles. The third-order valence-corrected chi connectivity index (χ3v) is 3.26. The molecular formula is C16H24F3NO. The zero-order chi connectivity index (χ0) is 15.9. The minimum absolute atomic E-state index is 0.00815. The van der Waals surface area contributed by atoms with Gasteiger partial charge in [-0.15, -0.1) is 0 Å². The second-order valence-corrected chi connectivity index (χ2v) is 5.42. The van der Waals surface area contributed by atoms with Gasteiger partial charge in [0.15, 0.2) is 0 Å². The number of alkyl halides is 3. The van der Waals surface area contributed by atoms with Gasteiger partial charge in [0.05, 0.1) is 6.10 Å². The Morgan fingerprint density at radius 1 is 1.24 bits per heavy atom. The van der Waals surface area contributed by atoms with Crippen molar-refractivity contribution in [2.45, 2.75) is 64.8 Å². The van der Waals surface area contributed by atoms with Crippen molar-refractivity contribution in [1.82, 2.24) is 0 Å². The van der Waals surface area contributed by atoms with Gasteiger partial charge in [0.2, 0.25) is 0 Å². The van der Waals surface area contributed by atoms with Crippen LogP contribution >= 0.6 is 0 Å². The quantitative estimate of drug-likeness (QED) is 0.694. The molecule has 0 fully saturated rings. The summed E-state index contributed by atoms with van der Waals surface area (Å²) >= 11 is 0. The summed E-state index contributed by atoms with van der Waals surface area (Å²) in [6.07, 6.45) is -3.10. The summed E-state index contributed by atoms with van der Waals surface area (Å²) in [5, 5.41) is 3.21. The van der Waals surface area contributed by atoms with Crippen LogP contribution in [0.2, 0.25) is 0 Å². The Hall–Kier alpha value is -1.39. The predicted octanol–water partition coefficient (Wildman–Crippen LogP) is 5.40. The van der Waals surface area contributed by atoms with Gasteiger partial charge < -0.3 is 10.1 Å². The second-order valence-electron chi connectivity index (χ2n) is 5.42. The minimum Gasteiger partial charge on any atom is -0.491 e. The molecule has 1 N–H and O–H groups in total. The molecule has 120 valence electrons. The highest BCUT2D eigenvalue weighted by atomic mass is 19.4. The lowest BCUT2D eigenvalue weighted by Gasteiger charge is -2.17. The zero-order valence-electron chi connectivity index (χ0n) is 12.8. The molecule has 0 radical (unpaired) electrons. The van der Waals surface area contributed by atoms with E-state index in [1.807, 2.05) is 38.1 Å². The molecular weight excluding hydrogens is 279 g/mol. The Labute approximate surface area is 124 Å².